The molecule has 0 fully saturated rings. The molecule has 0 spiro atoms. The summed E-state index contributed by atoms with van der Waals surface area (Å²) in [7, 11) is 1.83. The summed E-state index contributed by atoms with van der Waals surface area (Å²) >= 11 is 0. The molecule has 0 aliphatic rings. The van der Waals surface area contributed by atoms with E-state index < -0.39 is 11.8 Å². The van der Waals surface area contributed by atoms with Crippen LogP contribution in [-0.2, 0) is 18.3 Å². The number of nitrogens with one attached hydrogen (secondary N) is 1. The average molecular weight is 430 g/mol. The van der Waals surface area contributed by atoms with E-state index in [-0.39, 0.29) is 5.82 Å². The number of benzene rings is 1. The number of hydrogen-bond donors (Lipinski definition) is 2. The van der Waals surface area contributed by atoms with Crippen LogP contribution in [0.4, 0.5) is 10.2 Å². The van der Waals surface area contributed by atoms with Crippen molar-refractivity contribution in [3.8, 4) is 11.4 Å². The molecular weight excluding hydrogens is 407 g/mol. The van der Waals surface area contributed by atoms with Gasteiger partial charge in [-0.05, 0) is 47.9 Å². The fourth-order valence-electron chi connectivity index (χ4n) is 3.60. The summed E-state index contributed by atoms with van der Waals surface area (Å²) in [5.74, 6) is -0.967. The summed E-state index contributed by atoms with van der Waals surface area (Å²) in [6.45, 7) is 0.494. The molecule has 4 rings (SSSR count). The number of amides is 1. The number of halogens is 1. The largest absolute Gasteiger partial charge is 0.369 e. The Hall–Kier alpha value is -4.07. The molecular formula is C24H23FN6O. The molecule has 0 radical (unpaired) electrons. The van der Waals surface area contributed by atoms with Crippen LogP contribution in [0, 0.1) is 5.82 Å². The van der Waals surface area contributed by atoms with Crippen molar-refractivity contribution in [3.05, 3.63) is 95.7 Å². The van der Waals surface area contributed by atoms with Crippen LogP contribution in [0.3, 0.4) is 0 Å². The summed E-state index contributed by atoms with van der Waals surface area (Å²) in [4.78, 5) is 21.3. The van der Waals surface area contributed by atoms with Crippen LogP contribution in [-0.4, -0.2) is 32.2 Å². The first-order valence-electron chi connectivity index (χ1n) is 10.2. The van der Waals surface area contributed by atoms with Crippen LogP contribution in [0.1, 0.15) is 22.6 Å². The van der Waals surface area contributed by atoms with Crippen molar-refractivity contribution in [1.82, 2.24) is 19.7 Å². The van der Waals surface area contributed by atoms with Gasteiger partial charge in [0.05, 0.1) is 11.6 Å². The van der Waals surface area contributed by atoms with Crippen LogP contribution in [0.2, 0.25) is 0 Å². The summed E-state index contributed by atoms with van der Waals surface area (Å²) in [6, 6.07) is 15.6. The molecule has 1 atom stereocenters. The van der Waals surface area contributed by atoms with E-state index in [0.717, 1.165) is 5.56 Å². The minimum atomic E-state index is -0.717. The van der Waals surface area contributed by atoms with Crippen molar-refractivity contribution in [1.29, 1.82) is 0 Å². The van der Waals surface area contributed by atoms with Crippen LogP contribution in [0.5, 0.6) is 0 Å². The quantitative estimate of drug-likeness (QED) is 0.447. The number of carbonyl (C=O) groups excluding carboxylic acids is 1. The summed E-state index contributed by atoms with van der Waals surface area (Å²) in [5.41, 5.74) is 9.34. The van der Waals surface area contributed by atoms with Gasteiger partial charge in [-0.3, -0.25) is 14.5 Å². The van der Waals surface area contributed by atoms with Crippen molar-refractivity contribution in [2.45, 2.75) is 12.3 Å². The maximum atomic E-state index is 13.5. The number of anilines is 1. The topological polar surface area (TPSA) is 98.7 Å². The van der Waals surface area contributed by atoms with Gasteiger partial charge in [-0.15, -0.1) is 0 Å². The molecule has 0 aliphatic heterocycles. The molecule has 3 N–H and O–H groups in total. The SMILES string of the molecule is Cn1ccc(-c2ccc(C(C(N)=O)c3cccnc3)c(NCCc3cccc(F)c3)n2)n1. The van der Waals surface area contributed by atoms with Gasteiger partial charge >= 0.3 is 0 Å². The Bertz CT molecular complexity index is 1220. The standard InChI is InChI=1S/C24H23FN6O/c1-31-13-10-21(30-31)20-8-7-19(22(23(26)32)17-5-3-11-27-15-17)24(29-20)28-12-9-16-4-2-6-18(25)14-16/h2-8,10-11,13-15,22H,9,12H2,1H3,(H2,26,32)(H,28,29). The maximum absolute atomic E-state index is 13.5. The van der Waals surface area contributed by atoms with Crippen LogP contribution >= 0.6 is 0 Å². The van der Waals surface area contributed by atoms with Gasteiger partial charge in [0.1, 0.15) is 17.3 Å². The molecule has 162 valence electrons. The molecule has 0 aliphatic carbocycles. The van der Waals surface area contributed by atoms with E-state index in [1.54, 1.807) is 29.2 Å². The Morgan fingerprint density at radius 2 is 2.03 bits per heavy atom. The Morgan fingerprint density at radius 3 is 2.72 bits per heavy atom. The summed E-state index contributed by atoms with van der Waals surface area (Å²) < 4.78 is 15.2. The highest BCUT2D eigenvalue weighted by molar-refractivity contribution is 5.87. The first-order valence-corrected chi connectivity index (χ1v) is 10.2. The first-order chi connectivity index (χ1) is 15.5. The zero-order valence-electron chi connectivity index (χ0n) is 17.6. The maximum Gasteiger partial charge on any atom is 0.229 e. The Balaban J connectivity index is 1.68. The van der Waals surface area contributed by atoms with Gasteiger partial charge < -0.3 is 11.1 Å². The van der Waals surface area contributed by atoms with Crippen molar-refractivity contribution >= 4 is 11.7 Å². The molecule has 32 heavy (non-hydrogen) atoms. The second kappa shape index (κ2) is 9.38. The van der Waals surface area contributed by atoms with E-state index in [9.17, 15) is 9.18 Å². The van der Waals surface area contributed by atoms with E-state index in [1.807, 2.05) is 43.6 Å². The fraction of sp³-hybridized carbons (Fsp3) is 0.167. The normalized spacial score (nSPS) is 11.8. The molecule has 7 nitrogen and oxygen atoms in total. The Morgan fingerprint density at radius 1 is 1.16 bits per heavy atom. The Labute approximate surface area is 185 Å². The molecule has 3 aromatic heterocycles. The number of aryl methyl sites for hydroxylation is 1. The monoisotopic (exact) mass is 430 g/mol. The molecule has 0 saturated carbocycles. The molecule has 1 aromatic carbocycles. The third-order valence-electron chi connectivity index (χ3n) is 5.11. The predicted octanol–water partition coefficient (Wildman–Crippen LogP) is 3.29. The molecule has 4 aromatic rings. The molecule has 1 amide bonds. The second-order valence-corrected chi connectivity index (χ2v) is 7.44. The van der Waals surface area contributed by atoms with Gasteiger partial charge in [0.25, 0.3) is 0 Å². The van der Waals surface area contributed by atoms with Crippen molar-refractivity contribution in [3.63, 3.8) is 0 Å². The lowest BCUT2D eigenvalue weighted by atomic mass is 9.91. The van der Waals surface area contributed by atoms with Gasteiger partial charge in [0.15, 0.2) is 0 Å². The fourth-order valence-corrected chi connectivity index (χ4v) is 3.60. The number of aromatic nitrogens is 4. The van der Waals surface area contributed by atoms with Gasteiger partial charge in [0.2, 0.25) is 5.91 Å². The molecule has 1 unspecified atom stereocenters. The Kier molecular flexibility index (Phi) is 6.21. The third kappa shape index (κ3) is 4.80. The van der Waals surface area contributed by atoms with Crippen LogP contribution < -0.4 is 11.1 Å². The van der Waals surface area contributed by atoms with Crippen molar-refractivity contribution in [2.75, 3.05) is 11.9 Å². The van der Waals surface area contributed by atoms with E-state index in [0.29, 0.717) is 41.3 Å². The lowest BCUT2D eigenvalue weighted by Crippen LogP contribution is -2.24. The lowest BCUT2D eigenvalue weighted by molar-refractivity contribution is -0.118. The highest BCUT2D eigenvalue weighted by atomic mass is 19.1. The number of carbonyl (C=O) groups is 1. The van der Waals surface area contributed by atoms with Crippen molar-refractivity contribution < 1.29 is 9.18 Å². The van der Waals surface area contributed by atoms with Gasteiger partial charge in [0, 0.05) is 37.7 Å². The van der Waals surface area contributed by atoms with E-state index in [1.165, 1.54) is 12.1 Å². The summed E-state index contributed by atoms with van der Waals surface area (Å²) in [6.07, 6.45) is 5.69. The number of hydrogen-bond acceptors (Lipinski definition) is 5. The number of pyridine rings is 2. The molecule has 0 saturated heterocycles. The minimum Gasteiger partial charge on any atom is -0.369 e. The average Bonchev–Trinajstić information content (AvgIpc) is 3.22. The van der Waals surface area contributed by atoms with Gasteiger partial charge in [-0.25, -0.2) is 9.37 Å². The first kappa shape index (κ1) is 21.2. The predicted molar refractivity (Wildman–Crippen MR) is 120 cm³/mol. The smallest absolute Gasteiger partial charge is 0.229 e. The van der Waals surface area contributed by atoms with E-state index >= 15 is 0 Å². The second-order valence-electron chi connectivity index (χ2n) is 7.44. The summed E-state index contributed by atoms with van der Waals surface area (Å²) in [5, 5.41) is 7.72. The van der Waals surface area contributed by atoms with E-state index in [4.69, 9.17) is 10.7 Å². The molecule has 0 bridgehead atoms. The van der Waals surface area contributed by atoms with Crippen LogP contribution in [0.25, 0.3) is 11.4 Å². The highest BCUT2D eigenvalue weighted by Crippen LogP contribution is 2.31. The number of nitrogens with zero attached hydrogens (tertiary/aromatic N) is 4. The van der Waals surface area contributed by atoms with Crippen molar-refractivity contribution in [2.24, 2.45) is 12.8 Å². The van der Waals surface area contributed by atoms with Crippen LogP contribution in [0.15, 0.2) is 73.2 Å². The number of primary amides is 1. The molecule has 8 heteroatoms. The lowest BCUT2D eigenvalue weighted by Gasteiger charge is -2.19. The van der Waals surface area contributed by atoms with E-state index in [2.05, 4.69) is 15.4 Å². The zero-order valence-corrected chi connectivity index (χ0v) is 17.6. The minimum absolute atomic E-state index is 0.274. The molecule has 3 heterocycles. The van der Waals surface area contributed by atoms with Gasteiger partial charge in [-0.2, -0.15) is 5.10 Å². The third-order valence-corrected chi connectivity index (χ3v) is 5.11. The highest BCUT2D eigenvalue weighted by Gasteiger charge is 2.25. The number of nitrogens with two attached hydrogens (primary N) is 1. The zero-order chi connectivity index (χ0) is 22.5. The number of rotatable bonds is 8. The van der Waals surface area contributed by atoms with Gasteiger partial charge in [-0.1, -0.05) is 24.3 Å².